The van der Waals surface area contributed by atoms with Gasteiger partial charge in [-0.1, -0.05) is 32.0 Å². The van der Waals surface area contributed by atoms with Crippen LogP contribution in [0.15, 0.2) is 52.4 Å². The van der Waals surface area contributed by atoms with Crippen LogP contribution in [0.3, 0.4) is 0 Å². The zero-order valence-corrected chi connectivity index (χ0v) is 24.5. The topological polar surface area (TPSA) is 70.1 Å². The number of rotatable bonds is 8. The van der Waals surface area contributed by atoms with Crippen LogP contribution >= 0.6 is 11.8 Å². The molecule has 0 radical (unpaired) electrons. The third-order valence-corrected chi connectivity index (χ3v) is 7.81. The minimum absolute atomic E-state index is 0.0416. The molecule has 4 rings (SSSR count). The number of halogens is 2. The Hall–Kier alpha value is -3.50. The summed E-state index contributed by atoms with van der Waals surface area (Å²) in [6.45, 7) is 8.49. The molecule has 1 aliphatic rings. The lowest BCUT2D eigenvalue weighted by atomic mass is 10.0. The van der Waals surface area contributed by atoms with Gasteiger partial charge in [-0.15, -0.1) is 11.8 Å². The third-order valence-electron chi connectivity index (χ3n) is 7.04. The number of aromatic nitrogens is 1. The lowest BCUT2D eigenvalue weighted by molar-refractivity contribution is -0.105. The van der Waals surface area contributed by atoms with Crippen LogP contribution in [-0.2, 0) is 4.79 Å². The van der Waals surface area contributed by atoms with E-state index in [0.29, 0.717) is 24.4 Å². The summed E-state index contributed by atoms with van der Waals surface area (Å²) in [4.78, 5) is 26.7. The number of ether oxygens (including phenoxy) is 1. The lowest BCUT2D eigenvalue weighted by Crippen LogP contribution is -2.53. The zero-order chi connectivity index (χ0) is 29.0. The Morgan fingerprint density at radius 2 is 1.95 bits per heavy atom. The van der Waals surface area contributed by atoms with E-state index in [1.54, 1.807) is 11.8 Å². The van der Waals surface area contributed by atoms with Gasteiger partial charge in [0, 0.05) is 30.6 Å². The summed E-state index contributed by atoms with van der Waals surface area (Å²) in [5.74, 6) is -0.552. The van der Waals surface area contributed by atoms with Crippen LogP contribution < -0.4 is 10.1 Å². The molecule has 1 N–H and O–H groups in total. The van der Waals surface area contributed by atoms with E-state index in [2.05, 4.69) is 47.9 Å². The predicted octanol–water partition coefficient (Wildman–Crippen LogP) is 6.16. The van der Waals surface area contributed by atoms with E-state index in [4.69, 9.17) is 9.73 Å². The van der Waals surface area contributed by atoms with E-state index in [-0.39, 0.29) is 34.8 Å². The molecule has 0 saturated carbocycles. The number of piperazine rings is 1. The Morgan fingerprint density at radius 1 is 1.20 bits per heavy atom. The number of likely N-dealkylation sites (N-methyl/N-ethyl adjacent to an activating group) is 1. The number of amides is 1. The number of pyridine rings is 1. The van der Waals surface area contributed by atoms with Gasteiger partial charge >= 0.3 is 0 Å². The van der Waals surface area contributed by atoms with Crippen LogP contribution in [0.2, 0.25) is 0 Å². The molecular formula is C30H35F2N5O2S. The summed E-state index contributed by atoms with van der Waals surface area (Å²) in [7, 11) is 3.44. The number of hydrogen-bond donors (Lipinski definition) is 1. The smallest absolute Gasteiger partial charge is 0.212 e. The van der Waals surface area contributed by atoms with Crippen molar-refractivity contribution in [3.05, 3.63) is 65.2 Å². The molecular weight excluding hydrogens is 532 g/mol. The molecule has 2 aromatic carbocycles. The number of aliphatic imine (C=N–C) groups is 1. The van der Waals surface area contributed by atoms with Gasteiger partial charge < -0.3 is 19.9 Å². The van der Waals surface area contributed by atoms with Crippen LogP contribution in [0, 0.1) is 11.6 Å². The van der Waals surface area contributed by atoms with Crippen LogP contribution in [0.5, 0.6) is 5.75 Å². The maximum Gasteiger partial charge on any atom is 0.212 e. The van der Waals surface area contributed by atoms with E-state index in [9.17, 15) is 9.18 Å². The fourth-order valence-electron chi connectivity index (χ4n) is 5.03. The minimum Gasteiger partial charge on any atom is -0.496 e. The standard InChI is InChI=1S/C30H35F2N5O2S/c1-18(2)20-9-7-12-25(40-6)27(20)35-30(37-14-13-36(4)16-19(37)3)21-15-23(32)28(34-29(21)33-17-38)26-22(31)10-8-11-24(26)39-5/h7-12,15,17-19H,13-14,16H2,1-6H3,(H,33,34,38)/b35-30+. The average Bonchev–Trinajstić information content (AvgIpc) is 2.93. The van der Waals surface area contributed by atoms with Gasteiger partial charge in [0.1, 0.15) is 28.9 Å². The summed E-state index contributed by atoms with van der Waals surface area (Å²) in [6.07, 6.45) is 2.47. The largest absolute Gasteiger partial charge is 0.496 e. The normalized spacial score (nSPS) is 16.4. The summed E-state index contributed by atoms with van der Waals surface area (Å²) in [5.41, 5.74) is 1.77. The molecule has 0 aliphatic carbocycles. The molecule has 1 unspecified atom stereocenters. The lowest BCUT2D eigenvalue weighted by Gasteiger charge is -2.40. The summed E-state index contributed by atoms with van der Waals surface area (Å²) >= 11 is 1.58. The van der Waals surface area contributed by atoms with E-state index in [1.807, 2.05) is 24.5 Å². The van der Waals surface area contributed by atoms with Gasteiger partial charge in [-0.25, -0.2) is 18.8 Å². The van der Waals surface area contributed by atoms with Gasteiger partial charge in [-0.05, 0) is 56.0 Å². The number of benzene rings is 2. The third kappa shape index (κ3) is 5.97. The molecule has 2 heterocycles. The van der Waals surface area contributed by atoms with E-state index in [0.717, 1.165) is 29.2 Å². The Bertz CT molecular complexity index is 1420. The number of amidine groups is 1. The molecule has 40 heavy (non-hydrogen) atoms. The highest BCUT2D eigenvalue weighted by Crippen LogP contribution is 2.39. The van der Waals surface area contributed by atoms with Crippen molar-refractivity contribution >= 4 is 35.5 Å². The molecule has 1 aromatic heterocycles. The average molecular weight is 568 g/mol. The number of nitrogens with zero attached hydrogens (tertiary/aromatic N) is 4. The van der Waals surface area contributed by atoms with Crippen molar-refractivity contribution in [2.45, 2.75) is 37.6 Å². The number of methoxy groups -OCH3 is 1. The van der Waals surface area contributed by atoms with E-state index in [1.165, 1.54) is 31.4 Å². The van der Waals surface area contributed by atoms with Gasteiger partial charge in [0.15, 0.2) is 5.82 Å². The number of hydrogen-bond acceptors (Lipinski definition) is 6. The van der Waals surface area contributed by atoms with Crippen molar-refractivity contribution in [1.29, 1.82) is 0 Å². The molecule has 1 atom stereocenters. The first-order valence-corrected chi connectivity index (χ1v) is 14.4. The van der Waals surface area contributed by atoms with E-state index < -0.39 is 11.6 Å². The number of thioether (sulfide) groups is 1. The quantitative estimate of drug-likeness (QED) is 0.152. The SMILES string of the molecule is COc1cccc(F)c1-c1nc(NC=O)c(/C(=N\c2c(SC)cccc2C(C)C)N2CCN(C)CC2C)cc1F. The maximum atomic E-state index is 15.9. The Labute approximate surface area is 238 Å². The molecule has 0 spiro atoms. The summed E-state index contributed by atoms with van der Waals surface area (Å²) in [5, 5.41) is 2.62. The Kier molecular flexibility index (Phi) is 9.42. The van der Waals surface area contributed by atoms with Crippen molar-refractivity contribution in [1.82, 2.24) is 14.8 Å². The van der Waals surface area contributed by atoms with Gasteiger partial charge in [0.2, 0.25) is 6.41 Å². The van der Waals surface area contributed by atoms with Gasteiger partial charge in [0.05, 0.1) is 23.9 Å². The number of nitrogens with one attached hydrogen (secondary N) is 1. The molecule has 7 nitrogen and oxygen atoms in total. The first kappa shape index (κ1) is 29.5. The highest BCUT2D eigenvalue weighted by Gasteiger charge is 2.30. The van der Waals surface area contributed by atoms with Gasteiger partial charge in [-0.2, -0.15) is 0 Å². The summed E-state index contributed by atoms with van der Waals surface area (Å²) < 4.78 is 36.2. The Morgan fingerprint density at radius 3 is 2.60 bits per heavy atom. The second-order valence-corrected chi connectivity index (χ2v) is 10.9. The highest BCUT2D eigenvalue weighted by atomic mass is 32.2. The highest BCUT2D eigenvalue weighted by molar-refractivity contribution is 7.98. The van der Waals surface area contributed by atoms with Gasteiger partial charge in [-0.3, -0.25) is 4.79 Å². The molecule has 10 heteroatoms. The van der Waals surface area contributed by atoms with Crippen LogP contribution in [0.25, 0.3) is 11.3 Å². The molecule has 1 amide bonds. The Balaban J connectivity index is 2.01. The van der Waals surface area contributed by atoms with Crippen LogP contribution in [0.1, 0.15) is 37.8 Å². The first-order valence-electron chi connectivity index (χ1n) is 13.1. The van der Waals surface area contributed by atoms with Crippen LogP contribution in [0.4, 0.5) is 20.3 Å². The number of carbonyl (C=O) groups is 1. The fraction of sp³-hybridized carbons (Fsp3) is 0.367. The zero-order valence-electron chi connectivity index (χ0n) is 23.7. The number of anilines is 1. The minimum atomic E-state index is -0.758. The van der Waals surface area contributed by atoms with Gasteiger partial charge in [0.25, 0.3) is 0 Å². The maximum absolute atomic E-state index is 15.9. The van der Waals surface area contributed by atoms with Crippen molar-refractivity contribution in [2.75, 3.05) is 45.4 Å². The van der Waals surface area contributed by atoms with Crippen molar-refractivity contribution < 1.29 is 18.3 Å². The van der Waals surface area contributed by atoms with Crippen molar-refractivity contribution in [3.8, 4) is 17.0 Å². The number of carbonyl (C=O) groups excluding carboxylic acids is 1. The first-order chi connectivity index (χ1) is 19.2. The predicted molar refractivity (Wildman–Crippen MR) is 158 cm³/mol. The molecule has 1 fully saturated rings. The molecule has 1 saturated heterocycles. The van der Waals surface area contributed by atoms with E-state index >= 15 is 4.39 Å². The van der Waals surface area contributed by atoms with Crippen LogP contribution in [-0.4, -0.2) is 73.1 Å². The molecule has 1 aliphatic heterocycles. The van der Waals surface area contributed by atoms with Crippen molar-refractivity contribution in [2.24, 2.45) is 4.99 Å². The monoisotopic (exact) mass is 567 g/mol. The van der Waals surface area contributed by atoms with Crippen molar-refractivity contribution in [3.63, 3.8) is 0 Å². The number of para-hydroxylation sites is 1. The second-order valence-electron chi connectivity index (χ2n) is 10.1. The molecule has 3 aromatic rings. The summed E-state index contributed by atoms with van der Waals surface area (Å²) in [6, 6.07) is 11.6. The fourth-order valence-corrected chi connectivity index (χ4v) is 5.61. The second kappa shape index (κ2) is 12.8. The molecule has 0 bridgehead atoms. The molecule has 212 valence electrons.